The number of hydrogen-bond donors (Lipinski definition) is 2. The van der Waals surface area contributed by atoms with Crippen LogP contribution in [0.25, 0.3) is 0 Å². The summed E-state index contributed by atoms with van der Waals surface area (Å²) in [5.74, 6) is -0.402. The highest BCUT2D eigenvalue weighted by Gasteiger charge is 2.35. The molecule has 0 saturated carbocycles. The lowest BCUT2D eigenvalue weighted by molar-refractivity contribution is -0.138. The molecule has 0 aliphatic heterocycles. The van der Waals surface area contributed by atoms with Gasteiger partial charge in [-0.3, -0.25) is 5.41 Å². The molecule has 0 fully saturated rings. The van der Waals surface area contributed by atoms with Gasteiger partial charge in [-0.05, 0) is 24.6 Å². The number of hydrogen-bond acceptors (Lipinski definition) is 3. The van der Waals surface area contributed by atoms with Crippen molar-refractivity contribution in [2.75, 3.05) is 13.6 Å². The average molecular weight is 309 g/mol. The largest absolute Gasteiger partial charge is 0.416 e. The first-order valence-corrected chi connectivity index (χ1v) is 6.88. The summed E-state index contributed by atoms with van der Waals surface area (Å²) in [5, 5.41) is 7.05. The molecule has 0 atom stereocenters. The number of benzene rings is 1. The van der Waals surface area contributed by atoms with E-state index in [1.54, 1.807) is 0 Å². The molecular formula is C11H14F3N3O2S. The van der Waals surface area contributed by atoms with E-state index in [2.05, 4.69) is 0 Å². The summed E-state index contributed by atoms with van der Waals surface area (Å²) in [7, 11) is -2.99. The highest BCUT2D eigenvalue weighted by atomic mass is 32.2. The summed E-state index contributed by atoms with van der Waals surface area (Å²) in [4.78, 5) is -0.448. The molecule has 0 radical (unpaired) electrons. The number of likely N-dealkylation sites (N-methyl/N-ethyl adjacent to an activating group) is 1. The molecule has 0 aliphatic rings. The van der Waals surface area contributed by atoms with E-state index < -0.39 is 39.0 Å². The lowest BCUT2D eigenvalue weighted by Gasteiger charge is -2.19. The fraction of sp³-hybridized carbons (Fsp3) is 0.364. The van der Waals surface area contributed by atoms with Gasteiger partial charge in [0.1, 0.15) is 5.84 Å². The first-order valence-electron chi connectivity index (χ1n) is 5.44. The number of nitrogens with two attached hydrogens (primary N) is 1. The maximum atomic E-state index is 12.8. The highest BCUT2D eigenvalue weighted by molar-refractivity contribution is 7.89. The summed E-state index contributed by atoms with van der Waals surface area (Å²) in [5.41, 5.74) is 3.72. The van der Waals surface area contributed by atoms with Crippen molar-refractivity contribution in [3.63, 3.8) is 0 Å². The average Bonchev–Trinajstić information content (AvgIpc) is 2.26. The van der Waals surface area contributed by atoms with E-state index >= 15 is 0 Å². The second kappa shape index (κ2) is 5.41. The van der Waals surface area contributed by atoms with Crippen molar-refractivity contribution in [1.82, 2.24) is 4.31 Å². The minimum Gasteiger partial charge on any atom is -0.387 e. The van der Waals surface area contributed by atoms with Crippen LogP contribution in [0.4, 0.5) is 13.2 Å². The molecule has 0 unspecified atom stereocenters. The minimum atomic E-state index is -4.63. The molecule has 5 nitrogen and oxygen atoms in total. The maximum absolute atomic E-state index is 12.8. The lowest BCUT2D eigenvalue weighted by Crippen LogP contribution is -2.35. The summed E-state index contributed by atoms with van der Waals surface area (Å²) >= 11 is 0. The van der Waals surface area contributed by atoms with Crippen molar-refractivity contribution in [2.45, 2.75) is 18.0 Å². The zero-order chi connectivity index (χ0) is 15.7. The number of amidine groups is 1. The van der Waals surface area contributed by atoms with E-state index in [-0.39, 0.29) is 5.56 Å². The molecule has 0 saturated heterocycles. The number of sulfonamides is 1. The Kier molecular flexibility index (Phi) is 4.45. The van der Waals surface area contributed by atoms with Crippen LogP contribution >= 0.6 is 0 Å². The van der Waals surface area contributed by atoms with Gasteiger partial charge in [0, 0.05) is 7.05 Å². The van der Waals surface area contributed by atoms with Gasteiger partial charge in [-0.25, -0.2) is 8.42 Å². The zero-order valence-electron chi connectivity index (χ0n) is 10.8. The van der Waals surface area contributed by atoms with E-state index in [0.29, 0.717) is 0 Å². The van der Waals surface area contributed by atoms with Crippen LogP contribution in [0.5, 0.6) is 0 Å². The molecule has 0 aromatic heterocycles. The summed E-state index contributed by atoms with van der Waals surface area (Å²) in [6, 6.07) is 2.94. The monoisotopic (exact) mass is 309 g/mol. The second-order valence-electron chi connectivity index (χ2n) is 4.21. The van der Waals surface area contributed by atoms with E-state index in [4.69, 9.17) is 11.1 Å². The van der Waals surface area contributed by atoms with Gasteiger partial charge in [-0.15, -0.1) is 0 Å². The number of nitrogens with zero attached hydrogens (tertiary/aromatic N) is 1. The molecular weight excluding hydrogens is 295 g/mol. The van der Waals surface area contributed by atoms with Crippen LogP contribution < -0.4 is 5.73 Å². The maximum Gasteiger partial charge on any atom is 0.416 e. The van der Waals surface area contributed by atoms with Crippen molar-refractivity contribution in [3.8, 4) is 0 Å². The molecule has 0 amide bonds. The van der Waals surface area contributed by atoms with Crippen LogP contribution in [0, 0.1) is 12.3 Å². The quantitative estimate of drug-likeness (QED) is 0.654. The van der Waals surface area contributed by atoms with E-state index in [1.807, 2.05) is 0 Å². The fourth-order valence-corrected chi connectivity index (χ4v) is 3.09. The first-order chi connectivity index (χ1) is 8.98. The van der Waals surface area contributed by atoms with Crippen molar-refractivity contribution in [3.05, 3.63) is 29.3 Å². The Morgan fingerprint density at radius 1 is 1.40 bits per heavy atom. The lowest BCUT2D eigenvalue weighted by atomic mass is 10.1. The van der Waals surface area contributed by atoms with Gasteiger partial charge in [0.05, 0.1) is 17.0 Å². The summed E-state index contributed by atoms with van der Waals surface area (Å²) < 4.78 is 63.4. The molecule has 1 aromatic carbocycles. The molecule has 1 aromatic rings. The van der Waals surface area contributed by atoms with Gasteiger partial charge in [-0.2, -0.15) is 17.5 Å². The molecule has 20 heavy (non-hydrogen) atoms. The third-order valence-corrected chi connectivity index (χ3v) is 4.62. The van der Waals surface area contributed by atoms with Crippen molar-refractivity contribution >= 4 is 15.9 Å². The van der Waals surface area contributed by atoms with Crippen LogP contribution in [0.3, 0.4) is 0 Å². The van der Waals surface area contributed by atoms with Crippen LogP contribution in [-0.4, -0.2) is 32.2 Å². The molecule has 0 spiro atoms. The number of nitrogens with one attached hydrogen (secondary N) is 1. The summed E-state index contributed by atoms with van der Waals surface area (Å²) in [6.07, 6.45) is -4.63. The third kappa shape index (κ3) is 3.28. The molecule has 112 valence electrons. The molecule has 0 bridgehead atoms. The Balaban J connectivity index is 3.37. The van der Waals surface area contributed by atoms with E-state index in [9.17, 15) is 21.6 Å². The fourth-order valence-electron chi connectivity index (χ4n) is 1.69. The highest BCUT2D eigenvalue weighted by Crippen LogP contribution is 2.34. The van der Waals surface area contributed by atoms with Gasteiger partial charge in [-0.1, -0.05) is 6.07 Å². The number of alkyl halides is 3. The number of halogens is 3. The van der Waals surface area contributed by atoms with Gasteiger partial charge in [0.25, 0.3) is 0 Å². The normalized spacial score (nSPS) is 12.7. The Hall–Kier alpha value is -1.61. The Labute approximate surface area is 114 Å². The first kappa shape index (κ1) is 16.4. The van der Waals surface area contributed by atoms with Crippen molar-refractivity contribution in [1.29, 1.82) is 5.41 Å². The molecule has 0 aliphatic carbocycles. The zero-order valence-corrected chi connectivity index (χ0v) is 11.6. The van der Waals surface area contributed by atoms with Crippen molar-refractivity contribution in [2.24, 2.45) is 5.73 Å². The Bertz CT molecular complexity index is 626. The van der Waals surface area contributed by atoms with Gasteiger partial charge < -0.3 is 5.73 Å². The Morgan fingerprint density at radius 3 is 2.40 bits per heavy atom. The van der Waals surface area contributed by atoms with Crippen LogP contribution in [0.15, 0.2) is 23.1 Å². The van der Waals surface area contributed by atoms with Crippen LogP contribution in [-0.2, 0) is 16.2 Å². The molecule has 9 heteroatoms. The smallest absolute Gasteiger partial charge is 0.387 e. The third-order valence-electron chi connectivity index (χ3n) is 2.67. The Morgan fingerprint density at radius 2 is 1.95 bits per heavy atom. The topological polar surface area (TPSA) is 87.2 Å². The van der Waals surface area contributed by atoms with Crippen molar-refractivity contribution < 1.29 is 21.6 Å². The second-order valence-corrected chi connectivity index (χ2v) is 6.23. The SMILES string of the molecule is Cc1c(C(F)(F)F)cccc1S(=O)(=O)N(C)CC(=N)N. The number of rotatable bonds is 4. The summed E-state index contributed by atoms with van der Waals surface area (Å²) in [6.45, 7) is 0.704. The molecule has 0 heterocycles. The standard InChI is InChI=1S/C11H14F3N3O2S/c1-7-8(11(12,13)14)4-3-5-9(7)20(18,19)17(2)6-10(15)16/h3-5H,6H2,1-2H3,(H3,15,16). The molecule has 3 N–H and O–H groups in total. The van der Waals surface area contributed by atoms with Gasteiger partial charge >= 0.3 is 6.18 Å². The predicted molar refractivity (Wildman–Crippen MR) is 67.9 cm³/mol. The van der Waals surface area contributed by atoms with Crippen LogP contribution in [0.1, 0.15) is 11.1 Å². The van der Waals surface area contributed by atoms with E-state index in [1.165, 1.54) is 0 Å². The predicted octanol–water partition coefficient (Wildman–Crippen LogP) is 1.57. The van der Waals surface area contributed by atoms with E-state index in [0.717, 1.165) is 36.5 Å². The molecule has 1 rings (SSSR count). The van der Waals surface area contributed by atoms with Gasteiger partial charge in [0.2, 0.25) is 10.0 Å². The van der Waals surface area contributed by atoms with Gasteiger partial charge in [0.15, 0.2) is 0 Å². The minimum absolute atomic E-state index is 0.379. The van der Waals surface area contributed by atoms with Crippen LogP contribution in [0.2, 0.25) is 0 Å².